The van der Waals surface area contributed by atoms with Crippen molar-refractivity contribution in [3.63, 3.8) is 0 Å². The Bertz CT molecular complexity index is 793. The molecule has 0 N–H and O–H groups in total. The molecule has 0 radical (unpaired) electrons. The molecule has 2 aromatic rings. The van der Waals surface area contributed by atoms with E-state index in [0.717, 1.165) is 31.2 Å². The van der Waals surface area contributed by atoms with Crippen LogP contribution in [-0.2, 0) is 6.54 Å². The van der Waals surface area contributed by atoms with Crippen LogP contribution in [0.1, 0.15) is 32.1 Å². The van der Waals surface area contributed by atoms with E-state index >= 15 is 0 Å². The molecule has 1 saturated heterocycles. The fraction of sp³-hybridized carbons (Fsp3) is 0.571. The third kappa shape index (κ3) is 3.94. The molecule has 0 atom stereocenters. The molecule has 5 nitrogen and oxygen atoms in total. The topological polar surface area (TPSA) is 41.6 Å². The number of hydrogen-bond acceptors (Lipinski definition) is 4. The van der Waals surface area contributed by atoms with Gasteiger partial charge in [-0.2, -0.15) is 0 Å². The fourth-order valence-electron chi connectivity index (χ4n) is 4.35. The highest BCUT2D eigenvalue weighted by molar-refractivity contribution is 5.72. The maximum absolute atomic E-state index is 12.0. The number of benzene rings is 1. The van der Waals surface area contributed by atoms with E-state index in [2.05, 4.69) is 22.0 Å². The molecule has 4 rings (SSSR count). The molecule has 0 bridgehead atoms. The van der Waals surface area contributed by atoms with Crippen LogP contribution in [0.3, 0.4) is 0 Å². The zero-order valence-electron chi connectivity index (χ0n) is 15.5. The molecular formula is C21H29N3O2. The number of aromatic nitrogens is 1. The van der Waals surface area contributed by atoms with Crippen molar-refractivity contribution < 1.29 is 4.42 Å². The number of hydrogen-bond donors (Lipinski definition) is 0. The second-order valence-electron chi connectivity index (χ2n) is 7.55. The van der Waals surface area contributed by atoms with E-state index in [4.69, 9.17) is 4.42 Å². The van der Waals surface area contributed by atoms with Crippen LogP contribution in [-0.4, -0.2) is 53.1 Å². The zero-order valence-corrected chi connectivity index (χ0v) is 15.5. The average molecular weight is 355 g/mol. The number of rotatable bonds is 5. The minimum Gasteiger partial charge on any atom is -0.408 e. The molecule has 1 saturated carbocycles. The van der Waals surface area contributed by atoms with Crippen LogP contribution < -0.4 is 5.76 Å². The van der Waals surface area contributed by atoms with E-state index in [-0.39, 0.29) is 5.76 Å². The molecule has 1 aliphatic carbocycles. The Morgan fingerprint density at radius 1 is 0.962 bits per heavy atom. The molecule has 1 aliphatic heterocycles. The Labute approximate surface area is 154 Å². The molecule has 1 aromatic heterocycles. The van der Waals surface area contributed by atoms with Crippen molar-refractivity contribution in [3.8, 4) is 0 Å². The molecule has 2 aliphatic rings. The molecule has 1 aromatic carbocycles. The summed E-state index contributed by atoms with van der Waals surface area (Å²) in [7, 11) is 0. The maximum atomic E-state index is 12.0. The van der Waals surface area contributed by atoms with Crippen molar-refractivity contribution in [3.05, 3.63) is 47.0 Å². The second kappa shape index (κ2) is 8.23. The van der Waals surface area contributed by atoms with Crippen LogP contribution in [0.15, 0.2) is 45.6 Å². The predicted molar refractivity (Wildman–Crippen MR) is 105 cm³/mol. The lowest BCUT2D eigenvalue weighted by Gasteiger charge is -2.40. The summed E-state index contributed by atoms with van der Waals surface area (Å²) in [6.45, 7) is 6.22. The second-order valence-corrected chi connectivity index (χ2v) is 7.55. The summed E-state index contributed by atoms with van der Waals surface area (Å²) in [5.41, 5.74) is 1.52. The third-order valence-electron chi connectivity index (χ3n) is 5.89. The van der Waals surface area contributed by atoms with Gasteiger partial charge in [0.1, 0.15) is 0 Å². The van der Waals surface area contributed by atoms with E-state index in [0.29, 0.717) is 12.1 Å². The highest BCUT2D eigenvalue weighted by Crippen LogP contribution is 2.23. The lowest BCUT2D eigenvalue weighted by molar-refractivity contribution is 0.0846. The van der Waals surface area contributed by atoms with Crippen LogP contribution in [0.4, 0.5) is 0 Å². The van der Waals surface area contributed by atoms with E-state index < -0.39 is 0 Å². The van der Waals surface area contributed by atoms with E-state index in [9.17, 15) is 4.79 Å². The van der Waals surface area contributed by atoms with Gasteiger partial charge in [-0.05, 0) is 25.0 Å². The molecule has 5 heteroatoms. The summed E-state index contributed by atoms with van der Waals surface area (Å²) < 4.78 is 6.96. The standard InChI is InChI=1S/C21H29N3O2/c25-21-24(19-10-4-5-11-20(19)26-21)13-7-6-12-22-14-16-23(17-15-22)18-8-2-1-3-9-18/h4-7,10-11,18H,1-3,8-9,12-17H2/b7-6+. The van der Waals surface area contributed by atoms with Crippen molar-refractivity contribution in [2.75, 3.05) is 32.7 Å². The lowest BCUT2D eigenvalue weighted by atomic mass is 9.94. The Kier molecular flexibility index (Phi) is 5.56. The van der Waals surface area contributed by atoms with Crippen LogP contribution in [0, 0.1) is 0 Å². The number of fused-ring (bicyclic) bond motifs is 1. The van der Waals surface area contributed by atoms with Gasteiger partial charge in [0.15, 0.2) is 5.58 Å². The first-order valence-electron chi connectivity index (χ1n) is 10.0. The molecule has 2 fully saturated rings. The summed E-state index contributed by atoms with van der Waals surface area (Å²) in [6, 6.07) is 8.42. The van der Waals surface area contributed by atoms with E-state index in [1.807, 2.05) is 24.3 Å². The Hall–Kier alpha value is -1.85. The van der Waals surface area contributed by atoms with Crippen LogP contribution in [0.25, 0.3) is 11.1 Å². The van der Waals surface area contributed by atoms with Crippen LogP contribution in [0.2, 0.25) is 0 Å². The quantitative estimate of drug-likeness (QED) is 0.773. The minimum absolute atomic E-state index is 0.281. The number of oxazole rings is 1. The van der Waals surface area contributed by atoms with Crippen molar-refractivity contribution in [1.29, 1.82) is 0 Å². The largest absolute Gasteiger partial charge is 0.420 e. The summed E-state index contributed by atoms with van der Waals surface area (Å²) in [6.07, 6.45) is 11.3. The fourth-order valence-corrected chi connectivity index (χ4v) is 4.35. The van der Waals surface area contributed by atoms with Gasteiger partial charge < -0.3 is 4.42 Å². The smallest absolute Gasteiger partial charge is 0.408 e. The SMILES string of the molecule is O=c1oc2ccccc2n1C/C=C/CN1CCN(C2CCCCC2)CC1. The molecular weight excluding hydrogens is 326 g/mol. The number of piperazine rings is 1. The van der Waals surface area contributed by atoms with Crippen molar-refractivity contribution in [2.45, 2.75) is 44.7 Å². The Morgan fingerprint density at radius 3 is 2.50 bits per heavy atom. The highest BCUT2D eigenvalue weighted by Gasteiger charge is 2.24. The lowest BCUT2D eigenvalue weighted by Crippen LogP contribution is -2.50. The van der Waals surface area contributed by atoms with Gasteiger partial charge in [0.2, 0.25) is 0 Å². The van der Waals surface area contributed by atoms with Gasteiger partial charge in [-0.1, -0.05) is 43.5 Å². The van der Waals surface area contributed by atoms with Crippen molar-refractivity contribution >= 4 is 11.1 Å². The van der Waals surface area contributed by atoms with Gasteiger partial charge in [-0.15, -0.1) is 0 Å². The molecule has 2 heterocycles. The van der Waals surface area contributed by atoms with Crippen LogP contribution >= 0.6 is 0 Å². The van der Waals surface area contributed by atoms with Crippen molar-refractivity contribution in [2.24, 2.45) is 0 Å². The Morgan fingerprint density at radius 2 is 1.69 bits per heavy atom. The van der Waals surface area contributed by atoms with E-state index in [1.54, 1.807) is 4.57 Å². The van der Waals surface area contributed by atoms with Gasteiger partial charge in [-0.3, -0.25) is 14.4 Å². The third-order valence-corrected chi connectivity index (χ3v) is 5.89. The van der Waals surface area contributed by atoms with E-state index in [1.165, 1.54) is 45.2 Å². The van der Waals surface area contributed by atoms with Gasteiger partial charge in [0, 0.05) is 45.3 Å². The summed E-state index contributed by atoms with van der Waals surface area (Å²) in [5, 5.41) is 0. The normalized spacial score (nSPS) is 21.1. The average Bonchev–Trinajstić information content (AvgIpc) is 3.01. The number of nitrogens with zero attached hydrogens (tertiary/aromatic N) is 3. The monoisotopic (exact) mass is 355 g/mol. The molecule has 0 amide bonds. The molecule has 140 valence electrons. The Balaban J connectivity index is 1.26. The van der Waals surface area contributed by atoms with Gasteiger partial charge >= 0.3 is 5.76 Å². The predicted octanol–water partition coefficient (Wildman–Crippen LogP) is 3.10. The van der Waals surface area contributed by atoms with Crippen LogP contribution in [0.5, 0.6) is 0 Å². The van der Waals surface area contributed by atoms with Gasteiger partial charge in [0.25, 0.3) is 0 Å². The number of allylic oxidation sites excluding steroid dienone is 1. The summed E-state index contributed by atoms with van der Waals surface area (Å²) >= 11 is 0. The summed E-state index contributed by atoms with van der Waals surface area (Å²) in [4.78, 5) is 17.2. The first kappa shape index (κ1) is 17.6. The van der Waals surface area contributed by atoms with Crippen molar-refractivity contribution in [1.82, 2.24) is 14.4 Å². The summed E-state index contributed by atoms with van der Waals surface area (Å²) in [5.74, 6) is -0.281. The molecule has 26 heavy (non-hydrogen) atoms. The first-order valence-corrected chi connectivity index (χ1v) is 10.0. The van der Waals surface area contributed by atoms with Gasteiger partial charge in [0.05, 0.1) is 5.52 Å². The minimum atomic E-state index is -0.281. The number of para-hydroxylation sites is 2. The highest BCUT2D eigenvalue weighted by atomic mass is 16.4. The van der Waals surface area contributed by atoms with Gasteiger partial charge in [-0.25, -0.2) is 4.79 Å². The zero-order chi connectivity index (χ0) is 17.8. The maximum Gasteiger partial charge on any atom is 0.420 e. The first-order chi connectivity index (χ1) is 12.8. The molecule has 0 spiro atoms. The molecule has 0 unspecified atom stereocenters.